The van der Waals surface area contributed by atoms with Gasteiger partial charge in [0.05, 0.1) is 6.04 Å². The summed E-state index contributed by atoms with van der Waals surface area (Å²) in [5.74, 6) is 0.825. The number of likely N-dealkylation sites (N-methyl/N-ethyl adjacent to an activating group) is 1. The van der Waals surface area contributed by atoms with Gasteiger partial charge in [-0.3, -0.25) is 4.99 Å². The van der Waals surface area contributed by atoms with E-state index < -0.39 is 0 Å². The molecule has 1 unspecified atom stereocenters. The highest BCUT2D eigenvalue weighted by molar-refractivity contribution is 9.10. The molecule has 0 aromatic heterocycles. The minimum Gasteiger partial charge on any atom is -0.381 e. The summed E-state index contributed by atoms with van der Waals surface area (Å²) in [7, 11) is 6.11. The standard InChI is InChI=1S/C18H29BrN4O/c1-14(15-7-5-6-8-16(15)19)22-17(20-2)21-13-18(23(3)4)9-11-24-12-10-18/h5-8,14H,9-13H2,1-4H3,(H2,20,21,22). The lowest BCUT2D eigenvalue weighted by Gasteiger charge is -2.43. The normalized spacial score (nSPS) is 19.2. The van der Waals surface area contributed by atoms with Crippen LogP contribution in [-0.2, 0) is 4.74 Å². The second-order valence-electron chi connectivity index (χ2n) is 6.54. The van der Waals surface area contributed by atoms with Gasteiger partial charge in [-0.2, -0.15) is 0 Å². The lowest BCUT2D eigenvalue weighted by Crippen LogP contribution is -2.57. The molecule has 0 amide bonds. The van der Waals surface area contributed by atoms with Crippen LogP contribution in [0, 0.1) is 0 Å². The number of hydrogen-bond acceptors (Lipinski definition) is 3. The second kappa shape index (κ2) is 8.83. The van der Waals surface area contributed by atoms with Crippen LogP contribution in [0.25, 0.3) is 0 Å². The summed E-state index contributed by atoms with van der Waals surface area (Å²) >= 11 is 3.62. The maximum absolute atomic E-state index is 5.54. The number of halogens is 1. The van der Waals surface area contributed by atoms with Gasteiger partial charge in [0.2, 0.25) is 0 Å². The van der Waals surface area contributed by atoms with Gasteiger partial charge in [-0.05, 0) is 45.5 Å². The quantitative estimate of drug-likeness (QED) is 0.593. The summed E-state index contributed by atoms with van der Waals surface area (Å²) in [5.41, 5.74) is 1.33. The molecule has 1 atom stereocenters. The largest absolute Gasteiger partial charge is 0.381 e. The maximum atomic E-state index is 5.54. The Balaban J connectivity index is 1.98. The molecule has 0 bridgehead atoms. The van der Waals surface area contributed by atoms with Crippen LogP contribution in [-0.4, -0.2) is 57.3 Å². The number of benzene rings is 1. The van der Waals surface area contributed by atoms with Crippen molar-refractivity contribution in [3.05, 3.63) is 34.3 Å². The van der Waals surface area contributed by atoms with Crippen molar-refractivity contribution in [2.45, 2.75) is 31.3 Å². The predicted molar refractivity (Wildman–Crippen MR) is 104 cm³/mol. The molecule has 1 aromatic carbocycles. The molecule has 5 nitrogen and oxygen atoms in total. The van der Waals surface area contributed by atoms with E-state index in [4.69, 9.17) is 4.74 Å². The van der Waals surface area contributed by atoms with E-state index in [2.05, 4.69) is 75.7 Å². The maximum Gasteiger partial charge on any atom is 0.191 e. The Morgan fingerprint density at radius 3 is 2.58 bits per heavy atom. The van der Waals surface area contributed by atoms with E-state index in [0.29, 0.717) is 0 Å². The van der Waals surface area contributed by atoms with E-state index >= 15 is 0 Å². The number of ether oxygens (including phenoxy) is 1. The fourth-order valence-corrected chi connectivity index (χ4v) is 3.71. The third-order valence-corrected chi connectivity index (χ3v) is 5.63. The summed E-state index contributed by atoms with van der Waals surface area (Å²) in [4.78, 5) is 6.70. The highest BCUT2D eigenvalue weighted by Crippen LogP contribution is 2.25. The van der Waals surface area contributed by atoms with Crippen LogP contribution in [0.2, 0.25) is 0 Å². The van der Waals surface area contributed by atoms with E-state index in [0.717, 1.165) is 43.0 Å². The van der Waals surface area contributed by atoms with Gasteiger partial charge in [-0.15, -0.1) is 0 Å². The highest BCUT2D eigenvalue weighted by Gasteiger charge is 2.34. The van der Waals surface area contributed by atoms with Crippen LogP contribution >= 0.6 is 15.9 Å². The van der Waals surface area contributed by atoms with Crippen LogP contribution in [0.1, 0.15) is 31.4 Å². The SMILES string of the molecule is CN=C(NCC1(N(C)C)CCOCC1)NC(C)c1ccccc1Br. The van der Waals surface area contributed by atoms with Gasteiger partial charge in [0.25, 0.3) is 0 Å². The molecule has 1 aromatic rings. The first-order valence-electron chi connectivity index (χ1n) is 8.45. The molecule has 2 N–H and O–H groups in total. The van der Waals surface area contributed by atoms with Crippen molar-refractivity contribution in [2.24, 2.45) is 4.99 Å². The van der Waals surface area contributed by atoms with E-state index in [9.17, 15) is 0 Å². The monoisotopic (exact) mass is 396 g/mol. The molecular weight excluding hydrogens is 368 g/mol. The van der Waals surface area contributed by atoms with Gasteiger partial charge in [-0.1, -0.05) is 34.1 Å². The number of rotatable bonds is 5. The Bertz CT molecular complexity index is 556. The lowest BCUT2D eigenvalue weighted by molar-refractivity contribution is -0.00502. The zero-order valence-corrected chi connectivity index (χ0v) is 16.7. The Hall–Kier alpha value is -1.11. The molecule has 1 heterocycles. The minimum absolute atomic E-state index is 0.117. The predicted octanol–water partition coefficient (Wildman–Crippen LogP) is 2.79. The molecular formula is C18H29BrN4O. The molecule has 0 aliphatic carbocycles. The molecule has 1 fully saturated rings. The van der Waals surface area contributed by atoms with Crippen molar-refractivity contribution >= 4 is 21.9 Å². The molecule has 0 spiro atoms. The Morgan fingerprint density at radius 2 is 2.00 bits per heavy atom. The Kier molecular flexibility index (Phi) is 7.07. The number of nitrogens with zero attached hydrogens (tertiary/aromatic N) is 2. The zero-order chi connectivity index (χ0) is 17.6. The average molecular weight is 397 g/mol. The first kappa shape index (κ1) is 19.2. The highest BCUT2D eigenvalue weighted by atomic mass is 79.9. The lowest BCUT2D eigenvalue weighted by atomic mass is 9.88. The van der Waals surface area contributed by atoms with E-state index in [1.807, 2.05) is 13.1 Å². The van der Waals surface area contributed by atoms with E-state index in [1.165, 1.54) is 5.56 Å². The Labute approximate surface area is 154 Å². The molecule has 2 rings (SSSR count). The van der Waals surface area contributed by atoms with Gasteiger partial charge in [0.1, 0.15) is 0 Å². The zero-order valence-electron chi connectivity index (χ0n) is 15.1. The summed E-state index contributed by atoms with van der Waals surface area (Å²) < 4.78 is 6.64. The van der Waals surface area contributed by atoms with Crippen LogP contribution in [0.4, 0.5) is 0 Å². The fraction of sp³-hybridized carbons (Fsp3) is 0.611. The second-order valence-corrected chi connectivity index (χ2v) is 7.40. The summed E-state index contributed by atoms with van der Waals surface area (Å²) in [6.07, 6.45) is 2.06. The molecule has 0 saturated carbocycles. The van der Waals surface area contributed by atoms with Crippen molar-refractivity contribution in [3.8, 4) is 0 Å². The third kappa shape index (κ3) is 4.71. The number of hydrogen-bond donors (Lipinski definition) is 2. The Morgan fingerprint density at radius 1 is 1.33 bits per heavy atom. The summed E-state index contributed by atoms with van der Waals surface area (Å²) in [6, 6.07) is 8.43. The topological polar surface area (TPSA) is 48.9 Å². The molecule has 1 saturated heterocycles. The number of guanidine groups is 1. The number of nitrogens with one attached hydrogen (secondary N) is 2. The van der Waals surface area contributed by atoms with Gasteiger partial charge in [-0.25, -0.2) is 0 Å². The smallest absolute Gasteiger partial charge is 0.191 e. The van der Waals surface area contributed by atoms with Crippen molar-refractivity contribution in [1.82, 2.24) is 15.5 Å². The minimum atomic E-state index is 0.117. The molecule has 1 aliphatic rings. The first-order valence-corrected chi connectivity index (χ1v) is 9.24. The summed E-state index contributed by atoms with van der Waals surface area (Å²) in [6.45, 7) is 4.63. The van der Waals surface area contributed by atoms with Crippen molar-refractivity contribution in [3.63, 3.8) is 0 Å². The van der Waals surface area contributed by atoms with Gasteiger partial charge < -0.3 is 20.3 Å². The number of aliphatic imine (C=N–C) groups is 1. The molecule has 0 radical (unpaired) electrons. The van der Waals surface area contributed by atoms with Gasteiger partial charge >= 0.3 is 0 Å². The van der Waals surface area contributed by atoms with Crippen molar-refractivity contribution in [1.29, 1.82) is 0 Å². The fourth-order valence-electron chi connectivity index (χ4n) is 3.09. The van der Waals surface area contributed by atoms with Crippen LogP contribution in [0.3, 0.4) is 0 Å². The van der Waals surface area contributed by atoms with Gasteiger partial charge in [0, 0.05) is 36.8 Å². The van der Waals surface area contributed by atoms with Gasteiger partial charge in [0.15, 0.2) is 5.96 Å². The van der Waals surface area contributed by atoms with Crippen molar-refractivity contribution < 1.29 is 4.74 Å². The van der Waals surface area contributed by atoms with E-state index in [1.54, 1.807) is 0 Å². The van der Waals surface area contributed by atoms with Crippen molar-refractivity contribution in [2.75, 3.05) is 40.9 Å². The first-order chi connectivity index (χ1) is 11.5. The molecule has 1 aliphatic heterocycles. The average Bonchev–Trinajstić information content (AvgIpc) is 2.59. The van der Waals surface area contributed by atoms with Crippen LogP contribution in [0.15, 0.2) is 33.7 Å². The third-order valence-electron chi connectivity index (χ3n) is 4.91. The molecule has 134 valence electrons. The summed E-state index contributed by atoms with van der Waals surface area (Å²) in [5, 5.41) is 6.99. The van der Waals surface area contributed by atoms with E-state index in [-0.39, 0.29) is 11.6 Å². The van der Waals surface area contributed by atoms with Crippen LogP contribution in [0.5, 0.6) is 0 Å². The molecule has 24 heavy (non-hydrogen) atoms. The molecule has 6 heteroatoms. The van der Waals surface area contributed by atoms with Crippen LogP contribution < -0.4 is 10.6 Å².